The Morgan fingerprint density at radius 3 is 2.89 bits per heavy atom. The van der Waals surface area contributed by atoms with Crippen LogP contribution >= 0.6 is 0 Å². The molecule has 0 spiro atoms. The number of rotatable bonds is 4. The summed E-state index contributed by atoms with van der Waals surface area (Å²) in [7, 11) is 1.45. The molecule has 0 radical (unpaired) electrons. The minimum absolute atomic E-state index is 0.00320. The first-order chi connectivity index (χ1) is 8.76. The summed E-state index contributed by atoms with van der Waals surface area (Å²) < 4.78 is 24.3. The molecule has 4 nitrogen and oxygen atoms in total. The van der Waals surface area contributed by atoms with Gasteiger partial charge in [0.2, 0.25) is 0 Å². The maximum atomic E-state index is 13.7. The summed E-state index contributed by atoms with van der Waals surface area (Å²) in [6, 6.07) is 4.68. The van der Waals surface area contributed by atoms with Crippen LogP contribution in [-0.4, -0.2) is 19.8 Å². The Balaban J connectivity index is 2.18. The minimum atomic E-state index is -0.383. The third-order valence-corrected chi connectivity index (χ3v) is 3.30. The van der Waals surface area contributed by atoms with E-state index in [9.17, 15) is 4.39 Å². The Labute approximate surface area is 106 Å². The van der Waals surface area contributed by atoms with Crippen LogP contribution in [0.3, 0.4) is 0 Å². The topological polar surface area (TPSA) is 56.5 Å². The van der Waals surface area contributed by atoms with Crippen LogP contribution in [0.25, 0.3) is 0 Å². The molecule has 5 heteroatoms. The molecule has 100 valence electrons. The van der Waals surface area contributed by atoms with Gasteiger partial charge in [0, 0.05) is 6.61 Å². The summed E-state index contributed by atoms with van der Waals surface area (Å²) in [5.41, 5.74) is 3.50. The van der Waals surface area contributed by atoms with Gasteiger partial charge in [-0.2, -0.15) is 0 Å². The van der Waals surface area contributed by atoms with Crippen LogP contribution in [0.15, 0.2) is 18.2 Å². The molecule has 0 saturated carbocycles. The van der Waals surface area contributed by atoms with E-state index in [2.05, 4.69) is 5.43 Å². The predicted molar refractivity (Wildman–Crippen MR) is 66.6 cm³/mol. The molecule has 0 aromatic heterocycles. The minimum Gasteiger partial charge on any atom is -0.494 e. The van der Waals surface area contributed by atoms with Crippen molar-refractivity contribution in [2.24, 2.45) is 5.84 Å². The van der Waals surface area contributed by atoms with Gasteiger partial charge in [0.1, 0.15) is 0 Å². The Bertz CT molecular complexity index is 395. The average molecular weight is 254 g/mol. The third kappa shape index (κ3) is 2.80. The Morgan fingerprint density at radius 1 is 1.50 bits per heavy atom. The van der Waals surface area contributed by atoms with Crippen LogP contribution in [0.5, 0.6) is 5.75 Å². The molecule has 0 aliphatic carbocycles. The average Bonchev–Trinajstić information content (AvgIpc) is 2.41. The molecular formula is C13H19FN2O2. The zero-order chi connectivity index (χ0) is 13.0. The van der Waals surface area contributed by atoms with E-state index in [1.165, 1.54) is 13.2 Å². The number of nitrogens with two attached hydrogens (primary N) is 1. The molecule has 0 bridgehead atoms. The highest BCUT2D eigenvalue weighted by atomic mass is 19.1. The predicted octanol–water partition coefficient (Wildman–Crippen LogP) is 1.91. The van der Waals surface area contributed by atoms with E-state index in [4.69, 9.17) is 15.3 Å². The third-order valence-electron chi connectivity index (χ3n) is 3.30. The number of hydrogen-bond acceptors (Lipinski definition) is 4. The van der Waals surface area contributed by atoms with Crippen molar-refractivity contribution in [1.29, 1.82) is 0 Å². The molecule has 3 N–H and O–H groups in total. The van der Waals surface area contributed by atoms with Crippen molar-refractivity contribution in [3.63, 3.8) is 0 Å². The van der Waals surface area contributed by atoms with E-state index in [1.807, 2.05) is 6.07 Å². The number of halogens is 1. The van der Waals surface area contributed by atoms with Gasteiger partial charge in [0.05, 0.1) is 19.3 Å². The van der Waals surface area contributed by atoms with Crippen molar-refractivity contribution in [1.82, 2.24) is 5.43 Å². The van der Waals surface area contributed by atoms with E-state index in [-0.39, 0.29) is 23.7 Å². The maximum absolute atomic E-state index is 13.7. The number of benzene rings is 1. The molecule has 2 unspecified atom stereocenters. The Morgan fingerprint density at radius 2 is 2.33 bits per heavy atom. The van der Waals surface area contributed by atoms with Gasteiger partial charge in [-0.25, -0.2) is 4.39 Å². The summed E-state index contributed by atoms with van der Waals surface area (Å²) in [5.74, 6) is 5.42. The van der Waals surface area contributed by atoms with E-state index >= 15 is 0 Å². The van der Waals surface area contributed by atoms with E-state index < -0.39 is 0 Å². The second-order valence-corrected chi connectivity index (χ2v) is 4.44. The number of nitrogens with one attached hydrogen (secondary N) is 1. The molecule has 2 rings (SSSR count). The van der Waals surface area contributed by atoms with Gasteiger partial charge in [-0.15, -0.1) is 0 Å². The Kier molecular flexibility index (Phi) is 4.52. The van der Waals surface area contributed by atoms with Gasteiger partial charge in [-0.05, 0) is 37.0 Å². The highest BCUT2D eigenvalue weighted by Gasteiger charge is 2.25. The van der Waals surface area contributed by atoms with Crippen LogP contribution in [0.2, 0.25) is 0 Å². The van der Waals surface area contributed by atoms with Crippen LogP contribution in [0.4, 0.5) is 4.39 Å². The van der Waals surface area contributed by atoms with Crippen LogP contribution in [-0.2, 0) is 4.74 Å². The van der Waals surface area contributed by atoms with Gasteiger partial charge >= 0.3 is 0 Å². The SMILES string of the molecule is COc1ccc(C(NN)C2CCCCO2)cc1F. The molecule has 1 aromatic carbocycles. The number of hydrazine groups is 1. The molecule has 1 heterocycles. The first kappa shape index (κ1) is 13.3. The quantitative estimate of drug-likeness (QED) is 0.636. The molecule has 1 fully saturated rings. The van der Waals surface area contributed by atoms with Crippen molar-refractivity contribution in [3.8, 4) is 5.75 Å². The largest absolute Gasteiger partial charge is 0.494 e. The van der Waals surface area contributed by atoms with Crippen molar-refractivity contribution < 1.29 is 13.9 Å². The molecule has 1 aromatic rings. The van der Waals surface area contributed by atoms with E-state index in [0.29, 0.717) is 0 Å². The van der Waals surface area contributed by atoms with Crippen LogP contribution in [0, 0.1) is 5.82 Å². The van der Waals surface area contributed by atoms with Crippen molar-refractivity contribution in [3.05, 3.63) is 29.6 Å². The van der Waals surface area contributed by atoms with Gasteiger partial charge in [-0.3, -0.25) is 11.3 Å². The number of ether oxygens (including phenoxy) is 2. The molecule has 1 aliphatic heterocycles. The molecule has 1 saturated heterocycles. The highest BCUT2D eigenvalue weighted by Crippen LogP contribution is 2.28. The molecular weight excluding hydrogens is 235 g/mol. The normalized spacial score (nSPS) is 21.6. The summed E-state index contributed by atoms with van der Waals surface area (Å²) in [6.45, 7) is 0.738. The summed E-state index contributed by atoms with van der Waals surface area (Å²) in [5, 5.41) is 0. The van der Waals surface area contributed by atoms with Crippen molar-refractivity contribution in [2.45, 2.75) is 31.4 Å². The lowest BCUT2D eigenvalue weighted by molar-refractivity contribution is -0.00828. The maximum Gasteiger partial charge on any atom is 0.165 e. The lowest BCUT2D eigenvalue weighted by Gasteiger charge is -2.30. The van der Waals surface area contributed by atoms with Crippen molar-refractivity contribution >= 4 is 0 Å². The van der Waals surface area contributed by atoms with Crippen LogP contribution in [0.1, 0.15) is 30.9 Å². The standard InChI is InChI=1S/C13H19FN2O2/c1-17-11-6-5-9(8-10(11)14)13(16-15)12-4-2-3-7-18-12/h5-6,8,12-13,16H,2-4,7,15H2,1H3. The second kappa shape index (κ2) is 6.13. The van der Waals surface area contributed by atoms with Gasteiger partial charge in [0.25, 0.3) is 0 Å². The monoisotopic (exact) mass is 254 g/mol. The van der Waals surface area contributed by atoms with E-state index in [1.54, 1.807) is 6.07 Å². The number of methoxy groups -OCH3 is 1. The summed E-state index contributed by atoms with van der Waals surface area (Å²) >= 11 is 0. The first-order valence-electron chi connectivity index (χ1n) is 6.17. The smallest absolute Gasteiger partial charge is 0.165 e. The highest BCUT2D eigenvalue weighted by molar-refractivity contribution is 5.31. The molecule has 18 heavy (non-hydrogen) atoms. The zero-order valence-corrected chi connectivity index (χ0v) is 10.5. The van der Waals surface area contributed by atoms with Crippen molar-refractivity contribution in [2.75, 3.05) is 13.7 Å². The second-order valence-electron chi connectivity index (χ2n) is 4.44. The lowest BCUT2D eigenvalue weighted by Crippen LogP contribution is -2.39. The van der Waals surface area contributed by atoms with Gasteiger partial charge < -0.3 is 9.47 Å². The molecule has 2 atom stereocenters. The number of hydrogen-bond donors (Lipinski definition) is 2. The summed E-state index contributed by atoms with van der Waals surface area (Å²) in [6.07, 6.45) is 3.12. The molecule has 0 amide bonds. The zero-order valence-electron chi connectivity index (χ0n) is 10.5. The fraction of sp³-hybridized carbons (Fsp3) is 0.538. The first-order valence-corrected chi connectivity index (χ1v) is 6.17. The fourth-order valence-electron chi connectivity index (χ4n) is 2.32. The van der Waals surface area contributed by atoms with Crippen LogP contribution < -0.4 is 16.0 Å². The fourth-order valence-corrected chi connectivity index (χ4v) is 2.32. The van der Waals surface area contributed by atoms with Gasteiger partial charge in [0.15, 0.2) is 11.6 Å². The molecule has 1 aliphatic rings. The summed E-state index contributed by atoms with van der Waals surface area (Å²) in [4.78, 5) is 0. The Hall–Kier alpha value is -1.17. The van der Waals surface area contributed by atoms with Gasteiger partial charge in [-0.1, -0.05) is 6.07 Å². The lowest BCUT2D eigenvalue weighted by atomic mass is 9.96. The van der Waals surface area contributed by atoms with E-state index in [0.717, 1.165) is 31.4 Å².